The first-order chi connectivity index (χ1) is 9.88. The molecule has 1 aromatic carbocycles. The second-order valence-electron chi connectivity index (χ2n) is 5.19. The van der Waals surface area contributed by atoms with E-state index in [1.54, 1.807) is 12.1 Å². The van der Waals surface area contributed by atoms with Gasteiger partial charge in [-0.3, -0.25) is 0 Å². The number of aryl methyl sites for hydroxylation is 1. The zero-order chi connectivity index (χ0) is 15.6. The van der Waals surface area contributed by atoms with Crippen LogP contribution in [0.1, 0.15) is 41.4 Å². The fourth-order valence-electron chi connectivity index (χ4n) is 1.92. The Labute approximate surface area is 132 Å². The van der Waals surface area contributed by atoms with Crippen molar-refractivity contribution in [2.45, 2.75) is 26.7 Å². The van der Waals surface area contributed by atoms with Gasteiger partial charge in [0.1, 0.15) is 5.82 Å². The lowest BCUT2D eigenvalue weighted by atomic mass is 10.1. The molecule has 0 saturated carbocycles. The highest BCUT2D eigenvalue weighted by atomic mass is 79.9. The number of halogens is 1. The number of anilines is 2. The van der Waals surface area contributed by atoms with Crippen LogP contribution in [0.15, 0.2) is 34.8 Å². The highest BCUT2D eigenvalue weighted by molar-refractivity contribution is 9.10. The van der Waals surface area contributed by atoms with E-state index < -0.39 is 5.97 Å². The van der Waals surface area contributed by atoms with Crippen molar-refractivity contribution in [3.63, 3.8) is 0 Å². The van der Waals surface area contributed by atoms with Crippen molar-refractivity contribution in [1.29, 1.82) is 0 Å². The summed E-state index contributed by atoms with van der Waals surface area (Å²) >= 11 is 3.53. The first-order valence-corrected chi connectivity index (χ1v) is 7.45. The van der Waals surface area contributed by atoms with Crippen molar-refractivity contribution >= 4 is 33.4 Å². The molecule has 0 radical (unpaired) electrons. The second kappa shape index (κ2) is 6.26. The Balaban J connectivity index is 2.43. The van der Waals surface area contributed by atoms with Crippen LogP contribution < -0.4 is 5.32 Å². The monoisotopic (exact) mass is 348 g/mol. The summed E-state index contributed by atoms with van der Waals surface area (Å²) in [5.41, 5.74) is 2.94. The number of hydrogen-bond donors (Lipinski definition) is 2. The molecule has 1 heterocycles. The Morgan fingerprint density at radius 1 is 1.33 bits per heavy atom. The number of rotatable bonds is 4. The van der Waals surface area contributed by atoms with Gasteiger partial charge >= 0.3 is 5.97 Å². The summed E-state index contributed by atoms with van der Waals surface area (Å²) in [7, 11) is 0. The number of carbonyl (C=O) groups is 1. The lowest BCUT2D eigenvalue weighted by Crippen LogP contribution is -2.05. The molecule has 1 aromatic heterocycles. The van der Waals surface area contributed by atoms with Crippen molar-refractivity contribution in [2.24, 2.45) is 0 Å². The number of carboxylic acids is 1. The molecular weight excluding hydrogens is 332 g/mol. The number of hydrogen-bond acceptors (Lipinski definition) is 3. The molecule has 0 fully saturated rings. The topological polar surface area (TPSA) is 62.2 Å². The summed E-state index contributed by atoms with van der Waals surface area (Å²) in [6.45, 7) is 5.97. The van der Waals surface area contributed by atoms with Gasteiger partial charge in [0.25, 0.3) is 0 Å². The molecule has 0 spiro atoms. The predicted octanol–water partition coefficient (Wildman–Crippen LogP) is 4.72. The van der Waals surface area contributed by atoms with Gasteiger partial charge in [-0.05, 0) is 52.5 Å². The molecule has 2 aromatic rings. The van der Waals surface area contributed by atoms with Crippen molar-refractivity contribution in [3.8, 4) is 0 Å². The van der Waals surface area contributed by atoms with E-state index in [0.717, 1.165) is 21.4 Å². The molecule has 0 aliphatic rings. The molecule has 0 atom stereocenters. The third kappa shape index (κ3) is 3.61. The predicted molar refractivity (Wildman–Crippen MR) is 87.4 cm³/mol. The maximum atomic E-state index is 11.2. The number of aromatic carboxylic acids is 1. The quantitative estimate of drug-likeness (QED) is 0.839. The van der Waals surface area contributed by atoms with E-state index >= 15 is 0 Å². The summed E-state index contributed by atoms with van der Waals surface area (Å²) in [5.74, 6) is -0.263. The van der Waals surface area contributed by atoms with Gasteiger partial charge in [-0.25, -0.2) is 9.78 Å². The number of nitrogens with one attached hydrogen (secondary N) is 1. The zero-order valence-electron chi connectivity index (χ0n) is 12.1. The van der Waals surface area contributed by atoms with E-state index in [2.05, 4.69) is 26.2 Å². The van der Waals surface area contributed by atoms with E-state index in [4.69, 9.17) is 0 Å². The SMILES string of the molecule is Cc1cccc(Nc2cc(C(=O)O)cc(C(C)C)n2)c1Br. The lowest BCUT2D eigenvalue weighted by Gasteiger charge is -2.13. The Hall–Kier alpha value is -1.88. The van der Waals surface area contributed by atoms with E-state index in [0.29, 0.717) is 5.82 Å². The minimum Gasteiger partial charge on any atom is -0.478 e. The molecular formula is C16H17BrN2O2. The average Bonchev–Trinajstić information content (AvgIpc) is 2.43. The summed E-state index contributed by atoms with van der Waals surface area (Å²) < 4.78 is 0.943. The first-order valence-electron chi connectivity index (χ1n) is 6.66. The van der Waals surface area contributed by atoms with Gasteiger partial charge in [-0.2, -0.15) is 0 Å². The minimum absolute atomic E-state index is 0.158. The normalized spacial score (nSPS) is 10.7. The molecule has 0 aliphatic heterocycles. The van der Waals surface area contributed by atoms with Crippen molar-refractivity contribution < 1.29 is 9.90 Å². The maximum Gasteiger partial charge on any atom is 0.335 e. The highest BCUT2D eigenvalue weighted by Crippen LogP contribution is 2.29. The van der Waals surface area contributed by atoms with Crippen LogP contribution in [-0.2, 0) is 0 Å². The number of nitrogens with zero attached hydrogens (tertiary/aromatic N) is 1. The van der Waals surface area contributed by atoms with Crippen LogP contribution in [0.2, 0.25) is 0 Å². The molecule has 0 amide bonds. The molecule has 5 heteroatoms. The second-order valence-corrected chi connectivity index (χ2v) is 5.98. The third-order valence-electron chi connectivity index (χ3n) is 3.14. The van der Waals surface area contributed by atoms with E-state index in [1.165, 1.54) is 0 Å². The smallest absolute Gasteiger partial charge is 0.335 e. The van der Waals surface area contributed by atoms with Crippen LogP contribution >= 0.6 is 15.9 Å². The Morgan fingerprint density at radius 2 is 2.05 bits per heavy atom. The van der Waals surface area contributed by atoms with Crippen molar-refractivity contribution in [3.05, 3.63) is 51.6 Å². The first kappa shape index (κ1) is 15.5. The Morgan fingerprint density at radius 3 is 2.67 bits per heavy atom. The van der Waals surface area contributed by atoms with Crippen LogP contribution in [0, 0.1) is 6.92 Å². The average molecular weight is 349 g/mol. The number of carboxylic acid groups (broad SMARTS) is 1. The van der Waals surface area contributed by atoms with Crippen LogP contribution in [0.3, 0.4) is 0 Å². The Kier molecular flexibility index (Phi) is 4.63. The van der Waals surface area contributed by atoms with Crippen molar-refractivity contribution in [2.75, 3.05) is 5.32 Å². The standard InChI is InChI=1S/C16H17BrN2O2/c1-9(2)13-7-11(16(20)21)8-14(19-13)18-12-6-4-5-10(3)15(12)17/h4-9H,1-3H3,(H,18,19)(H,20,21). The molecule has 0 bridgehead atoms. The number of pyridine rings is 1. The minimum atomic E-state index is -0.953. The molecule has 2 rings (SSSR count). The Bertz CT molecular complexity index is 684. The zero-order valence-corrected chi connectivity index (χ0v) is 13.7. The van der Waals surface area contributed by atoms with Gasteiger partial charge in [0, 0.05) is 10.2 Å². The van der Waals surface area contributed by atoms with Gasteiger partial charge in [0.05, 0.1) is 11.3 Å². The molecule has 2 N–H and O–H groups in total. The van der Waals surface area contributed by atoms with Gasteiger partial charge in [0.15, 0.2) is 0 Å². The lowest BCUT2D eigenvalue weighted by molar-refractivity contribution is 0.0696. The highest BCUT2D eigenvalue weighted by Gasteiger charge is 2.12. The molecule has 4 nitrogen and oxygen atoms in total. The summed E-state index contributed by atoms with van der Waals surface area (Å²) in [6, 6.07) is 9.01. The molecule has 21 heavy (non-hydrogen) atoms. The van der Waals surface area contributed by atoms with E-state index in [1.807, 2.05) is 39.0 Å². The largest absolute Gasteiger partial charge is 0.478 e. The van der Waals surface area contributed by atoms with Crippen LogP contribution in [0.4, 0.5) is 11.5 Å². The fraction of sp³-hybridized carbons (Fsp3) is 0.250. The fourth-order valence-corrected chi connectivity index (χ4v) is 2.28. The molecule has 110 valence electrons. The number of benzene rings is 1. The summed E-state index contributed by atoms with van der Waals surface area (Å²) in [6.07, 6.45) is 0. The van der Waals surface area contributed by atoms with Crippen LogP contribution in [-0.4, -0.2) is 16.1 Å². The molecule has 0 unspecified atom stereocenters. The van der Waals surface area contributed by atoms with Gasteiger partial charge in [0.2, 0.25) is 0 Å². The van der Waals surface area contributed by atoms with Gasteiger partial charge in [-0.1, -0.05) is 26.0 Å². The maximum absolute atomic E-state index is 11.2. The molecule has 0 aliphatic carbocycles. The van der Waals surface area contributed by atoms with E-state index in [9.17, 15) is 9.90 Å². The summed E-state index contributed by atoms with van der Waals surface area (Å²) in [4.78, 5) is 15.7. The number of aromatic nitrogens is 1. The summed E-state index contributed by atoms with van der Waals surface area (Å²) in [5, 5.41) is 12.4. The molecule has 0 saturated heterocycles. The van der Waals surface area contributed by atoms with Crippen LogP contribution in [0.25, 0.3) is 0 Å². The van der Waals surface area contributed by atoms with Gasteiger partial charge < -0.3 is 10.4 Å². The van der Waals surface area contributed by atoms with E-state index in [-0.39, 0.29) is 11.5 Å². The van der Waals surface area contributed by atoms with Gasteiger partial charge in [-0.15, -0.1) is 0 Å². The van der Waals surface area contributed by atoms with Crippen LogP contribution in [0.5, 0.6) is 0 Å². The third-order valence-corrected chi connectivity index (χ3v) is 4.19. The van der Waals surface area contributed by atoms with Crippen molar-refractivity contribution in [1.82, 2.24) is 4.98 Å².